The van der Waals surface area contributed by atoms with E-state index in [0.717, 1.165) is 26.4 Å². The molecule has 2 amide bonds. The minimum absolute atomic E-state index is 0.0283. The third-order valence-corrected chi connectivity index (χ3v) is 7.03. The fraction of sp³-hybridized carbons (Fsp3) is 0.308. The average molecular weight is 433 g/mol. The molecule has 0 aliphatic carbocycles. The Morgan fingerprint density at radius 3 is 2.48 bits per heavy atom. The standard InChI is InChI=1S/C26H28N2O2S/c1-3-27-25(30)26(15-16-28(18-26)24(29)23-14-13-19(2)31-23)17-21-11-7-8-12-22(21)20-9-5-4-6-10-20/h4-14H,3,15-18H2,1-2H3,(H,27,30). The van der Waals surface area contributed by atoms with E-state index in [0.29, 0.717) is 32.5 Å². The summed E-state index contributed by atoms with van der Waals surface area (Å²) in [5.74, 6) is 0.0659. The number of amides is 2. The van der Waals surface area contributed by atoms with Crippen molar-refractivity contribution in [2.24, 2.45) is 5.41 Å². The molecule has 2 aromatic carbocycles. The minimum Gasteiger partial charge on any atom is -0.356 e. The minimum atomic E-state index is -0.622. The second-order valence-electron chi connectivity index (χ2n) is 8.23. The highest BCUT2D eigenvalue weighted by molar-refractivity contribution is 7.13. The summed E-state index contributed by atoms with van der Waals surface area (Å²) < 4.78 is 0. The number of carbonyl (C=O) groups is 2. The summed E-state index contributed by atoms with van der Waals surface area (Å²) in [4.78, 5) is 30.1. The molecule has 1 N–H and O–H groups in total. The van der Waals surface area contributed by atoms with Crippen molar-refractivity contribution < 1.29 is 9.59 Å². The van der Waals surface area contributed by atoms with Gasteiger partial charge >= 0.3 is 0 Å². The summed E-state index contributed by atoms with van der Waals surface area (Å²) in [7, 11) is 0. The van der Waals surface area contributed by atoms with Crippen molar-refractivity contribution in [2.45, 2.75) is 26.7 Å². The lowest BCUT2D eigenvalue weighted by Crippen LogP contribution is -2.45. The van der Waals surface area contributed by atoms with Crippen molar-refractivity contribution in [2.75, 3.05) is 19.6 Å². The van der Waals surface area contributed by atoms with Gasteiger partial charge in [-0.1, -0.05) is 54.6 Å². The number of benzene rings is 2. The van der Waals surface area contributed by atoms with E-state index in [1.165, 1.54) is 11.3 Å². The lowest BCUT2D eigenvalue weighted by atomic mass is 9.78. The molecule has 0 radical (unpaired) electrons. The fourth-order valence-electron chi connectivity index (χ4n) is 4.45. The number of likely N-dealkylation sites (tertiary alicyclic amines) is 1. The molecule has 1 aliphatic rings. The van der Waals surface area contributed by atoms with Gasteiger partial charge in [0.2, 0.25) is 5.91 Å². The van der Waals surface area contributed by atoms with E-state index < -0.39 is 5.41 Å². The van der Waals surface area contributed by atoms with Crippen molar-refractivity contribution in [3.63, 3.8) is 0 Å². The third kappa shape index (κ3) is 4.42. The van der Waals surface area contributed by atoms with Gasteiger partial charge in [-0.05, 0) is 55.5 Å². The zero-order valence-electron chi connectivity index (χ0n) is 18.1. The molecule has 1 aliphatic heterocycles. The lowest BCUT2D eigenvalue weighted by molar-refractivity contribution is -0.130. The van der Waals surface area contributed by atoms with Crippen LogP contribution < -0.4 is 5.32 Å². The normalized spacial score (nSPS) is 18.2. The predicted molar refractivity (Wildman–Crippen MR) is 126 cm³/mol. The number of nitrogens with one attached hydrogen (secondary N) is 1. The van der Waals surface area contributed by atoms with Crippen LogP contribution in [-0.2, 0) is 11.2 Å². The van der Waals surface area contributed by atoms with Crippen molar-refractivity contribution in [1.29, 1.82) is 0 Å². The molecule has 1 unspecified atom stereocenters. The first-order valence-corrected chi connectivity index (χ1v) is 11.6. The van der Waals surface area contributed by atoms with Crippen molar-refractivity contribution in [1.82, 2.24) is 10.2 Å². The number of carbonyl (C=O) groups excluding carboxylic acids is 2. The third-order valence-electron chi connectivity index (χ3n) is 6.04. The highest BCUT2D eigenvalue weighted by atomic mass is 32.1. The Morgan fingerprint density at radius 1 is 1.03 bits per heavy atom. The molecule has 0 spiro atoms. The molecule has 4 nitrogen and oxygen atoms in total. The van der Waals surface area contributed by atoms with Crippen molar-refractivity contribution >= 4 is 23.2 Å². The molecule has 3 aromatic rings. The van der Waals surface area contributed by atoms with Gasteiger partial charge in [0, 0.05) is 24.5 Å². The molecule has 0 bridgehead atoms. The van der Waals surface area contributed by atoms with Crippen LogP contribution in [-0.4, -0.2) is 36.3 Å². The van der Waals surface area contributed by atoms with Gasteiger partial charge in [0.25, 0.3) is 5.91 Å². The van der Waals surface area contributed by atoms with Gasteiger partial charge in [-0.15, -0.1) is 11.3 Å². The van der Waals surface area contributed by atoms with Gasteiger partial charge in [-0.2, -0.15) is 0 Å². The molecule has 1 aromatic heterocycles. The van der Waals surface area contributed by atoms with E-state index in [-0.39, 0.29) is 11.8 Å². The van der Waals surface area contributed by atoms with Crippen LogP contribution in [0.3, 0.4) is 0 Å². The molecule has 160 valence electrons. The molecule has 1 saturated heterocycles. The first kappa shape index (κ1) is 21.3. The maximum atomic E-state index is 13.3. The predicted octanol–water partition coefficient (Wildman–Crippen LogP) is 4.93. The van der Waals surface area contributed by atoms with Gasteiger partial charge < -0.3 is 10.2 Å². The summed E-state index contributed by atoms with van der Waals surface area (Å²) in [5, 5.41) is 3.04. The van der Waals surface area contributed by atoms with Crippen LogP contribution in [0, 0.1) is 12.3 Å². The van der Waals surface area contributed by atoms with Gasteiger partial charge in [-0.25, -0.2) is 0 Å². The second-order valence-corrected chi connectivity index (χ2v) is 9.51. The van der Waals surface area contributed by atoms with E-state index in [1.54, 1.807) is 0 Å². The first-order chi connectivity index (χ1) is 15.0. The molecular weight excluding hydrogens is 404 g/mol. The number of nitrogens with zero attached hydrogens (tertiary/aromatic N) is 1. The van der Waals surface area contributed by atoms with Crippen LogP contribution in [0.1, 0.15) is 33.5 Å². The highest BCUT2D eigenvalue weighted by Crippen LogP contribution is 2.38. The van der Waals surface area contributed by atoms with Gasteiger partial charge in [0.05, 0.1) is 10.3 Å². The topological polar surface area (TPSA) is 49.4 Å². The molecular formula is C26H28N2O2S. The molecule has 4 rings (SSSR count). The molecule has 31 heavy (non-hydrogen) atoms. The van der Waals surface area contributed by atoms with Crippen LogP contribution in [0.5, 0.6) is 0 Å². The SMILES string of the molecule is CCNC(=O)C1(Cc2ccccc2-c2ccccc2)CCN(C(=O)c2ccc(C)s2)C1. The Labute approximate surface area is 187 Å². The number of aryl methyl sites for hydroxylation is 1. The van der Waals surface area contributed by atoms with Crippen LogP contribution >= 0.6 is 11.3 Å². The van der Waals surface area contributed by atoms with Gasteiger partial charge in [0.15, 0.2) is 0 Å². The number of hydrogen-bond acceptors (Lipinski definition) is 3. The smallest absolute Gasteiger partial charge is 0.263 e. The summed E-state index contributed by atoms with van der Waals surface area (Å²) in [6, 6.07) is 22.4. The molecule has 2 heterocycles. The van der Waals surface area contributed by atoms with E-state index >= 15 is 0 Å². The largest absolute Gasteiger partial charge is 0.356 e. The summed E-state index contributed by atoms with van der Waals surface area (Å²) >= 11 is 1.51. The lowest BCUT2D eigenvalue weighted by Gasteiger charge is -2.29. The van der Waals surface area contributed by atoms with E-state index in [1.807, 2.05) is 61.2 Å². The molecule has 1 fully saturated rings. The molecule has 5 heteroatoms. The summed E-state index contributed by atoms with van der Waals surface area (Å²) in [5.41, 5.74) is 2.80. The number of hydrogen-bond donors (Lipinski definition) is 1. The average Bonchev–Trinajstić information content (AvgIpc) is 3.42. The second kappa shape index (κ2) is 9.06. The maximum absolute atomic E-state index is 13.3. The van der Waals surface area contributed by atoms with Crippen molar-refractivity contribution in [3.8, 4) is 11.1 Å². The molecule has 0 saturated carbocycles. The van der Waals surface area contributed by atoms with Crippen LogP contribution in [0.4, 0.5) is 0 Å². The Hall–Kier alpha value is -2.92. The van der Waals surface area contributed by atoms with Crippen molar-refractivity contribution in [3.05, 3.63) is 82.0 Å². The fourth-order valence-corrected chi connectivity index (χ4v) is 5.28. The van der Waals surface area contributed by atoms with E-state index in [9.17, 15) is 9.59 Å². The number of thiophene rings is 1. The van der Waals surface area contributed by atoms with Crippen LogP contribution in [0.25, 0.3) is 11.1 Å². The monoisotopic (exact) mass is 432 g/mol. The van der Waals surface area contributed by atoms with Gasteiger partial charge in [-0.3, -0.25) is 9.59 Å². The van der Waals surface area contributed by atoms with Crippen LogP contribution in [0.15, 0.2) is 66.7 Å². The van der Waals surface area contributed by atoms with Crippen LogP contribution in [0.2, 0.25) is 0 Å². The Kier molecular flexibility index (Phi) is 6.23. The zero-order chi connectivity index (χ0) is 21.8. The van der Waals surface area contributed by atoms with E-state index in [2.05, 4.69) is 29.6 Å². The zero-order valence-corrected chi connectivity index (χ0v) is 18.9. The Morgan fingerprint density at radius 2 is 1.77 bits per heavy atom. The first-order valence-electron chi connectivity index (χ1n) is 10.8. The molecule has 1 atom stereocenters. The summed E-state index contributed by atoms with van der Waals surface area (Å²) in [6.45, 7) is 5.57. The summed E-state index contributed by atoms with van der Waals surface area (Å²) in [6.07, 6.45) is 1.27. The Balaban J connectivity index is 1.65. The quantitative estimate of drug-likeness (QED) is 0.600. The van der Waals surface area contributed by atoms with E-state index in [4.69, 9.17) is 0 Å². The Bertz CT molecular complexity index is 1080. The highest BCUT2D eigenvalue weighted by Gasteiger charge is 2.46. The number of rotatable bonds is 6. The van der Waals surface area contributed by atoms with Gasteiger partial charge in [0.1, 0.15) is 0 Å². The maximum Gasteiger partial charge on any atom is 0.263 e.